The molecule has 1 spiro atoms. The Bertz CT molecular complexity index is 651. The van der Waals surface area contributed by atoms with Gasteiger partial charge in [0.15, 0.2) is 0 Å². The molecule has 2 fully saturated rings. The van der Waals surface area contributed by atoms with Crippen LogP contribution in [0.2, 0.25) is 0 Å². The zero-order chi connectivity index (χ0) is 19.5. The molecule has 0 unspecified atom stereocenters. The van der Waals surface area contributed by atoms with Gasteiger partial charge in [0.05, 0.1) is 12.8 Å². The Balaban J connectivity index is 1.57. The molecule has 2 aliphatic rings. The van der Waals surface area contributed by atoms with Crippen LogP contribution in [0.4, 0.5) is 10.5 Å². The Morgan fingerprint density at radius 2 is 1.81 bits per heavy atom. The number of methoxy groups -OCH3 is 1. The number of piperidine rings is 1. The number of ether oxygens (including phenoxy) is 2. The van der Waals surface area contributed by atoms with Crippen molar-refractivity contribution in [2.24, 2.45) is 5.41 Å². The van der Waals surface area contributed by atoms with Crippen LogP contribution in [0.1, 0.15) is 52.9 Å². The number of benzene rings is 1. The summed E-state index contributed by atoms with van der Waals surface area (Å²) >= 11 is 0. The molecule has 0 aliphatic carbocycles. The van der Waals surface area contributed by atoms with Gasteiger partial charge in [-0.3, -0.25) is 0 Å². The lowest BCUT2D eigenvalue weighted by Crippen LogP contribution is -2.46. The number of likely N-dealkylation sites (tertiary alicyclic amines) is 1. The van der Waals surface area contributed by atoms with Crippen molar-refractivity contribution < 1.29 is 14.3 Å². The molecule has 1 aromatic carbocycles. The summed E-state index contributed by atoms with van der Waals surface area (Å²) in [6, 6.07) is 8.25. The average molecular weight is 375 g/mol. The lowest BCUT2D eigenvalue weighted by atomic mass is 9.78. The molecule has 150 valence electrons. The first kappa shape index (κ1) is 19.8. The molecule has 5 heteroatoms. The van der Waals surface area contributed by atoms with Crippen molar-refractivity contribution in [3.63, 3.8) is 0 Å². The lowest BCUT2D eigenvalue weighted by molar-refractivity contribution is -0.00213. The van der Waals surface area contributed by atoms with Crippen LogP contribution in [0.15, 0.2) is 24.3 Å². The summed E-state index contributed by atoms with van der Waals surface area (Å²) < 4.78 is 11.3. The summed E-state index contributed by atoms with van der Waals surface area (Å²) in [6.07, 6.45) is 5.02. The van der Waals surface area contributed by atoms with Gasteiger partial charge in [-0.1, -0.05) is 25.5 Å². The highest BCUT2D eigenvalue weighted by Crippen LogP contribution is 2.43. The highest BCUT2D eigenvalue weighted by molar-refractivity contribution is 5.68. The van der Waals surface area contributed by atoms with Crippen LogP contribution in [-0.4, -0.2) is 49.9 Å². The van der Waals surface area contributed by atoms with Crippen LogP contribution < -0.4 is 9.64 Å². The van der Waals surface area contributed by atoms with Crippen LogP contribution in [0.3, 0.4) is 0 Å². The Morgan fingerprint density at radius 3 is 2.48 bits per heavy atom. The van der Waals surface area contributed by atoms with Crippen molar-refractivity contribution >= 4 is 11.8 Å². The molecule has 1 aromatic rings. The Morgan fingerprint density at radius 1 is 1.15 bits per heavy atom. The molecule has 3 rings (SSSR count). The molecule has 1 amide bonds. The normalized spacial score (nSPS) is 19.4. The van der Waals surface area contributed by atoms with Gasteiger partial charge in [0.2, 0.25) is 0 Å². The minimum Gasteiger partial charge on any atom is -0.495 e. The highest BCUT2D eigenvalue weighted by atomic mass is 16.6. The summed E-state index contributed by atoms with van der Waals surface area (Å²) in [5, 5.41) is 0. The molecule has 2 aliphatic heterocycles. The van der Waals surface area contributed by atoms with Crippen LogP contribution in [0, 0.1) is 5.41 Å². The standard InChI is InChI=1S/C22H34N2O3/c1-5-10-21(2,3)27-20(25)23-14-11-22(12-15-23)13-16-24(17-22)18-8-6-7-9-19(18)26-4/h6-9H,5,10-17H2,1-4H3. The predicted molar refractivity (Wildman–Crippen MR) is 109 cm³/mol. The lowest BCUT2D eigenvalue weighted by Gasteiger charge is -2.40. The second-order valence-electron chi connectivity index (χ2n) is 8.71. The fourth-order valence-electron chi connectivity index (χ4n) is 4.56. The maximum atomic E-state index is 12.5. The van der Waals surface area contributed by atoms with Crippen LogP contribution in [-0.2, 0) is 4.74 Å². The minimum absolute atomic E-state index is 0.150. The van der Waals surface area contributed by atoms with E-state index in [1.807, 2.05) is 30.9 Å². The molecular formula is C22H34N2O3. The summed E-state index contributed by atoms with van der Waals surface area (Å²) in [4.78, 5) is 16.9. The maximum absolute atomic E-state index is 12.5. The quantitative estimate of drug-likeness (QED) is 0.749. The Kier molecular flexibility index (Phi) is 5.87. The van der Waals surface area contributed by atoms with E-state index in [0.29, 0.717) is 5.41 Å². The summed E-state index contributed by atoms with van der Waals surface area (Å²) in [5.74, 6) is 0.939. The molecule has 27 heavy (non-hydrogen) atoms. The smallest absolute Gasteiger partial charge is 0.410 e. The zero-order valence-corrected chi connectivity index (χ0v) is 17.3. The third-order valence-corrected chi connectivity index (χ3v) is 6.16. The van der Waals surface area contributed by atoms with Crippen LogP contribution >= 0.6 is 0 Å². The molecule has 0 bridgehead atoms. The van der Waals surface area contributed by atoms with E-state index in [0.717, 1.165) is 57.6 Å². The molecular weight excluding hydrogens is 340 g/mol. The SMILES string of the molecule is CCCC(C)(C)OC(=O)N1CCC2(CC1)CCN(c1ccccc1OC)C2. The van der Waals surface area contributed by atoms with E-state index in [-0.39, 0.29) is 11.7 Å². The second-order valence-corrected chi connectivity index (χ2v) is 8.71. The van der Waals surface area contributed by atoms with E-state index in [2.05, 4.69) is 24.0 Å². The molecule has 2 heterocycles. The molecule has 2 saturated heterocycles. The summed E-state index contributed by atoms with van der Waals surface area (Å²) in [7, 11) is 1.73. The Labute approximate surface area is 163 Å². The second kappa shape index (κ2) is 7.99. The number of carbonyl (C=O) groups is 1. The van der Waals surface area contributed by atoms with Crippen molar-refractivity contribution in [1.82, 2.24) is 4.90 Å². The van der Waals surface area contributed by atoms with Crippen LogP contribution in [0.25, 0.3) is 0 Å². The number of amides is 1. The van der Waals surface area contributed by atoms with E-state index in [9.17, 15) is 4.79 Å². The molecule has 0 atom stereocenters. The van der Waals surface area contributed by atoms with Gasteiger partial charge in [-0.2, -0.15) is 0 Å². The van der Waals surface area contributed by atoms with E-state index in [4.69, 9.17) is 9.47 Å². The van der Waals surface area contributed by atoms with Crippen molar-refractivity contribution in [2.75, 3.05) is 38.2 Å². The zero-order valence-electron chi connectivity index (χ0n) is 17.3. The number of anilines is 1. The maximum Gasteiger partial charge on any atom is 0.410 e. The van der Waals surface area contributed by atoms with Gasteiger partial charge in [-0.15, -0.1) is 0 Å². The Hall–Kier alpha value is -1.91. The fourth-order valence-corrected chi connectivity index (χ4v) is 4.56. The number of para-hydroxylation sites is 2. The van der Waals surface area contributed by atoms with E-state index >= 15 is 0 Å². The summed E-state index contributed by atoms with van der Waals surface area (Å²) in [6.45, 7) is 9.80. The largest absolute Gasteiger partial charge is 0.495 e. The molecule has 0 N–H and O–H groups in total. The van der Waals surface area contributed by atoms with E-state index in [1.54, 1.807) is 7.11 Å². The monoisotopic (exact) mass is 374 g/mol. The van der Waals surface area contributed by atoms with Gasteiger partial charge in [0.25, 0.3) is 0 Å². The van der Waals surface area contributed by atoms with E-state index < -0.39 is 0 Å². The summed E-state index contributed by atoms with van der Waals surface area (Å²) in [5.41, 5.74) is 1.10. The van der Waals surface area contributed by atoms with E-state index in [1.165, 1.54) is 12.1 Å². The fraction of sp³-hybridized carbons (Fsp3) is 0.682. The van der Waals surface area contributed by atoms with Crippen molar-refractivity contribution in [3.05, 3.63) is 24.3 Å². The van der Waals surface area contributed by atoms with Gasteiger partial charge < -0.3 is 19.3 Å². The molecule has 0 aromatic heterocycles. The topological polar surface area (TPSA) is 42.0 Å². The number of nitrogens with zero attached hydrogens (tertiary/aromatic N) is 2. The van der Waals surface area contributed by atoms with Gasteiger partial charge in [0, 0.05) is 26.2 Å². The first-order valence-electron chi connectivity index (χ1n) is 10.2. The third-order valence-electron chi connectivity index (χ3n) is 6.16. The van der Waals surface area contributed by atoms with Crippen molar-refractivity contribution in [3.8, 4) is 5.75 Å². The van der Waals surface area contributed by atoms with Crippen LogP contribution in [0.5, 0.6) is 5.75 Å². The molecule has 5 nitrogen and oxygen atoms in total. The first-order valence-corrected chi connectivity index (χ1v) is 10.2. The van der Waals surface area contributed by atoms with Gasteiger partial charge in [-0.05, 0) is 57.1 Å². The van der Waals surface area contributed by atoms with Gasteiger partial charge in [0.1, 0.15) is 11.4 Å². The van der Waals surface area contributed by atoms with Gasteiger partial charge >= 0.3 is 6.09 Å². The third kappa shape index (κ3) is 4.50. The number of rotatable bonds is 5. The minimum atomic E-state index is -0.380. The number of carbonyl (C=O) groups excluding carboxylic acids is 1. The van der Waals surface area contributed by atoms with Crippen molar-refractivity contribution in [2.45, 2.75) is 58.5 Å². The molecule has 0 radical (unpaired) electrons. The average Bonchev–Trinajstić information content (AvgIpc) is 3.05. The van der Waals surface area contributed by atoms with Gasteiger partial charge in [-0.25, -0.2) is 4.79 Å². The number of hydrogen-bond donors (Lipinski definition) is 0. The first-order chi connectivity index (χ1) is 12.9. The number of hydrogen-bond acceptors (Lipinski definition) is 4. The highest BCUT2D eigenvalue weighted by Gasteiger charge is 2.42. The predicted octanol–water partition coefficient (Wildman–Crippen LogP) is 4.70. The molecule has 0 saturated carbocycles. The van der Waals surface area contributed by atoms with Crippen molar-refractivity contribution in [1.29, 1.82) is 0 Å².